The van der Waals surface area contributed by atoms with Gasteiger partial charge < -0.3 is 14.7 Å². The Morgan fingerprint density at radius 3 is 1.97 bits per heavy atom. The maximum Gasteiger partial charge on any atom is 0.239 e. The fourth-order valence-corrected chi connectivity index (χ4v) is 3.51. The van der Waals surface area contributed by atoms with Crippen LogP contribution in [0, 0.1) is 0 Å². The fourth-order valence-electron chi connectivity index (χ4n) is 3.51. The van der Waals surface area contributed by atoms with Crippen LogP contribution >= 0.6 is 12.4 Å². The number of likely N-dealkylation sites (N-methyl/N-ethyl adjacent to an activating group) is 1. The monoisotopic (exact) mass is 473 g/mol. The normalized spacial score (nSPS) is 11.8. The number of hydrogen-bond donors (Lipinski definition) is 1. The third-order valence-corrected chi connectivity index (χ3v) is 5.14. The van der Waals surface area contributed by atoms with Crippen molar-refractivity contribution >= 4 is 23.6 Å². The van der Waals surface area contributed by atoms with Crippen LogP contribution in [0.25, 0.3) is 11.1 Å². The molecule has 0 aromatic heterocycles. The van der Waals surface area contributed by atoms with E-state index in [1.54, 1.807) is 12.1 Å². The van der Waals surface area contributed by atoms with Crippen LogP contribution in [0.15, 0.2) is 78.9 Å². The van der Waals surface area contributed by atoms with Gasteiger partial charge in [-0.2, -0.15) is 0 Å². The van der Waals surface area contributed by atoms with Crippen LogP contribution in [-0.2, 0) is 0 Å². The molecule has 0 fully saturated rings. The maximum absolute atomic E-state index is 13.2. The van der Waals surface area contributed by atoms with Crippen molar-refractivity contribution in [2.45, 2.75) is 19.3 Å². The molecule has 3 aromatic carbocycles. The molecule has 0 atom stereocenters. The zero-order valence-corrected chi connectivity index (χ0v) is 19.7. The van der Waals surface area contributed by atoms with Gasteiger partial charge in [0, 0.05) is 13.0 Å². The van der Waals surface area contributed by atoms with Crippen LogP contribution in [0.5, 0.6) is 11.5 Å². The van der Waals surface area contributed by atoms with Crippen molar-refractivity contribution in [2.75, 3.05) is 27.2 Å². The van der Waals surface area contributed by atoms with Crippen molar-refractivity contribution in [3.05, 3.63) is 95.6 Å². The average molecular weight is 474 g/mol. The first-order valence-corrected chi connectivity index (χ1v) is 10.7. The minimum absolute atomic E-state index is 0. The lowest BCUT2D eigenvalue weighted by Crippen LogP contribution is -2.19. The van der Waals surface area contributed by atoms with E-state index in [0.717, 1.165) is 40.1 Å². The molecule has 6 heteroatoms. The Labute approximate surface area is 200 Å². The minimum Gasteiger partial charge on any atom is -0.508 e. The van der Waals surface area contributed by atoms with Gasteiger partial charge in [0.05, 0.1) is 0 Å². The molecule has 0 aliphatic rings. The van der Waals surface area contributed by atoms with E-state index in [9.17, 15) is 13.9 Å². The molecule has 0 aliphatic carbocycles. The Bertz CT molecular complexity index is 1000. The Morgan fingerprint density at radius 1 is 0.848 bits per heavy atom. The van der Waals surface area contributed by atoms with Gasteiger partial charge >= 0.3 is 0 Å². The Balaban J connectivity index is 0.00000385. The van der Waals surface area contributed by atoms with Crippen molar-refractivity contribution in [3.8, 4) is 11.5 Å². The first-order chi connectivity index (χ1) is 15.4. The molecule has 33 heavy (non-hydrogen) atoms. The van der Waals surface area contributed by atoms with Crippen LogP contribution in [0.2, 0.25) is 0 Å². The van der Waals surface area contributed by atoms with Crippen molar-refractivity contribution in [2.24, 2.45) is 0 Å². The molecule has 3 aromatic rings. The quantitative estimate of drug-likeness (QED) is 0.330. The lowest BCUT2D eigenvalue weighted by molar-refractivity contribution is 0.139. The zero-order chi connectivity index (χ0) is 22.9. The summed E-state index contributed by atoms with van der Waals surface area (Å²) in [6.45, 7) is 1.39. The number of halogens is 3. The highest BCUT2D eigenvalue weighted by Gasteiger charge is 2.16. The number of rotatable bonds is 10. The Kier molecular flexibility index (Phi) is 10.4. The van der Waals surface area contributed by atoms with Crippen molar-refractivity contribution in [3.63, 3.8) is 0 Å². The molecule has 0 unspecified atom stereocenters. The lowest BCUT2D eigenvalue weighted by Gasteiger charge is -2.18. The summed E-state index contributed by atoms with van der Waals surface area (Å²) in [5, 5.41) is 9.76. The van der Waals surface area contributed by atoms with Gasteiger partial charge in [0.25, 0.3) is 0 Å². The molecule has 1 N–H and O–H groups in total. The highest BCUT2D eigenvalue weighted by molar-refractivity contribution is 5.98. The van der Waals surface area contributed by atoms with Gasteiger partial charge in [0.1, 0.15) is 18.1 Å². The smallest absolute Gasteiger partial charge is 0.239 e. The number of hydrogen-bond acceptors (Lipinski definition) is 3. The second-order valence-electron chi connectivity index (χ2n) is 7.87. The second kappa shape index (κ2) is 13.0. The van der Waals surface area contributed by atoms with Gasteiger partial charge in [-0.25, -0.2) is 8.78 Å². The summed E-state index contributed by atoms with van der Waals surface area (Å²) in [5.41, 5.74) is 4.39. The van der Waals surface area contributed by atoms with Gasteiger partial charge in [0.15, 0.2) is 0 Å². The van der Waals surface area contributed by atoms with Crippen LogP contribution in [0.3, 0.4) is 0 Å². The summed E-state index contributed by atoms with van der Waals surface area (Å²) in [4.78, 5) is 2.05. The molecule has 0 bridgehead atoms. The van der Waals surface area contributed by atoms with Crippen LogP contribution in [0.4, 0.5) is 8.78 Å². The number of phenols is 1. The van der Waals surface area contributed by atoms with E-state index in [1.807, 2.05) is 80.8 Å². The second-order valence-corrected chi connectivity index (χ2v) is 7.87. The van der Waals surface area contributed by atoms with Gasteiger partial charge in [-0.15, -0.1) is 12.4 Å². The minimum atomic E-state index is -2.39. The van der Waals surface area contributed by atoms with E-state index >= 15 is 0 Å². The molecule has 3 nitrogen and oxygen atoms in total. The lowest BCUT2D eigenvalue weighted by atomic mass is 9.87. The fraction of sp³-hybridized carbons (Fsp3) is 0.259. The maximum atomic E-state index is 13.2. The number of phenolic OH excluding ortho intramolecular Hbond substituents is 1. The van der Waals surface area contributed by atoms with Gasteiger partial charge in [-0.05, 0) is 72.6 Å². The Hall–Kier alpha value is -2.89. The number of alkyl halides is 2. The zero-order valence-electron chi connectivity index (χ0n) is 18.9. The summed E-state index contributed by atoms with van der Waals surface area (Å²) < 4.78 is 32.2. The summed E-state index contributed by atoms with van der Waals surface area (Å²) in [7, 11) is 3.98. The van der Waals surface area contributed by atoms with Gasteiger partial charge in [0.2, 0.25) is 6.43 Å². The number of allylic oxidation sites excluding steroid dienone is 1. The summed E-state index contributed by atoms with van der Waals surface area (Å²) in [5.74, 6) is 0.918. The van der Waals surface area contributed by atoms with E-state index in [2.05, 4.69) is 4.90 Å². The average Bonchev–Trinajstić information content (AvgIpc) is 2.78. The van der Waals surface area contributed by atoms with E-state index in [-0.39, 0.29) is 31.0 Å². The molecule has 0 saturated heterocycles. The van der Waals surface area contributed by atoms with E-state index in [4.69, 9.17) is 4.74 Å². The highest BCUT2D eigenvalue weighted by atomic mass is 35.5. The molecule has 0 saturated carbocycles. The molecular weight excluding hydrogens is 444 g/mol. The molecule has 0 radical (unpaired) electrons. The third-order valence-electron chi connectivity index (χ3n) is 5.14. The van der Waals surface area contributed by atoms with Crippen molar-refractivity contribution < 1.29 is 18.6 Å². The number of benzene rings is 3. The number of ether oxygens (including phenoxy) is 1. The summed E-state index contributed by atoms with van der Waals surface area (Å²) in [6, 6.07) is 24.2. The van der Waals surface area contributed by atoms with Crippen molar-refractivity contribution in [1.82, 2.24) is 4.90 Å². The summed E-state index contributed by atoms with van der Waals surface area (Å²) in [6.07, 6.45) is -2.38. The molecule has 0 amide bonds. The molecule has 0 heterocycles. The molecule has 0 aliphatic heterocycles. The molecular formula is C27H30ClF2NO2. The third kappa shape index (κ3) is 7.88. The van der Waals surface area contributed by atoms with Crippen LogP contribution in [0.1, 0.15) is 29.5 Å². The first-order valence-electron chi connectivity index (χ1n) is 10.7. The Morgan fingerprint density at radius 2 is 1.42 bits per heavy atom. The number of aromatic hydroxyl groups is 1. The first kappa shape index (κ1) is 26.4. The SMILES string of the molecule is CN(C)CCOc1ccc(/C(=C(/CCC(F)F)c2ccccc2)c2ccc(O)cc2)cc1.Cl. The molecule has 0 spiro atoms. The highest BCUT2D eigenvalue weighted by Crippen LogP contribution is 2.36. The molecule has 176 valence electrons. The topological polar surface area (TPSA) is 32.7 Å². The van der Waals surface area contributed by atoms with E-state index < -0.39 is 6.43 Å². The van der Waals surface area contributed by atoms with Crippen LogP contribution < -0.4 is 4.74 Å². The van der Waals surface area contributed by atoms with Gasteiger partial charge in [-0.3, -0.25) is 0 Å². The number of nitrogens with zero attached hydrogens (tertiary/aromatic N) is 1. The predicted molar refractivity (Wildman–Crippen MR) is 133 cm³/mol. The van der Waals surface area contributed by atoms with Crippen LogP contribution in [-0.4, -0.2) is 43.7 Å². The molecule has 3 rings (SSSR count). The predicted octanol–water partition coefficient (Wildman–Crippen LogP) is 6.76. The van der Waals surface area contributed by atoms with Gasteiger partial charge in [-0.1, -0.05) is 54.6 Å². The van der Waals surface area contributed by atoms with E-state index in [1.165, 1.54) is 0 Å². The van der Waals surface area contributed by atoms with E-state index in [0.29, 0.717) is 6.61 Å². The standard InChI is InChI=1S/C27H29F2NO2.ClH/c1-30(2)18-19-32-24-14-10-22(11-15-24)27(21-8-12-23(31)13-9-21)25(16-17-26(28)29)20-6-4-3-5-7-20;/h3-15,26,31H,16-19H2,1-2H3;1H/b27-25-;. The summed E-state index contributed by atoms with van der Waals surface area (Å²) >= 11 is 0. The largest absolute Gasteiger partial charge is 0.508 e. The van der Waals surface area contributed by atoms with Crippen molar-refractivity contribution in [1.29, 1.82) is 0 Å².